The number of carboxylic acid groups (broad SMARTS) is 1. The minimum atomic E-state index is -1.36. The molecule has 0 aliphatic heterocycles. The van der Waals surface area contributed by atoms with Crippen LogP contribution in [0.2, 0.25) is 5.02 Å². The summed E-state index contributed by atoms with van der Waals surface area (Å²) in [5, 5.41) is 19.5. The lowest BCUT2D eigenvalue weighted by Gasteiger charge is -2.05. The van der Waals surface area contributed by atoms with Crippen molar-refractivity contribution in [1.29, 1.82) is 0 Å². The van der Waals surface area contributed by atoms with Crippen LogP contribution >= 0.6 is 23.4 Å². The van der Waals surface area contributed by atoms with E-state index in [9.17, 15) is 9.90 Å². The smallest absolute Gasteiger partial charge is 0.281 e. The summed E-state index contributed by atoms with van der Waals surface area (Å²) in [5.74, 6) is -0.0745. The average molecular weight is 376 g/mol. The largest absolute Gasteiger partial charge is 0.544 e. The summed E-state index contributed by atoms with van der Waals surface area (Å²) in [4.78, 5) is 11.2. The molecule has 0 saturated heterocycles. The zero-order valence-corrected chi connectivity index (χ0v) is 14.9. The summed E-state index contributed by atoms with van der Waals surface area (Å²) in [6, 6.07) is 8.88. The van der Waals surface area contributed by atoms with Gasteiger partial charge >= 0.3 is 0 Å². The van der Waals surface area contributed by atoms with Gasteiger partial charge in [-0.1, -0.05) is 17.7 Å². The number of aromatic nitrogens is 2. The highest BCUT2D eigenvalue weighted by molar-refractivity contribution is 8.03. The third-order valence-electron chi connectivity index (χ3n) is 3.27. The number of hydrogen-bond acceptors (Lipinski definition) is 7. The zero-order chi connectivity index (χ0) is 18.0. The van der Waals surface area contributed by atoms with Gasteiger partial charge in [-0.15, -0.1) is 10.2 Å². The van der Waals surface area contributed by atoms with Gasteiger partial charge in [0.15, 0.2) is 0 Å². The summed E-state index contributed by atoms with van der Waals surface area (Å²) >= 11 is 6.83. The second kappa shape index (κ2) is 7.16. The fraction of sp³-hybridized carbons (Fsp3) is 0.118. The Labute approximate surface area is 152 Å². The van der Waals surface area contributed by atoms with Gasteiger partial charge in [0.2, 0.25) is 5.89 Å². The van der Waals surface area contributed by atoms with Crippen molar-refractivity contribution in [1.82, 2.24) is 10.2 Å². The summed E-state index contributed by atoms with van der Waals surface area (Å²) in [7, 11) is 0. The Bertz CT molecular complexity index is 961. The Morgan fingerprint density at radius 1 is 1.20 bits per heavy atom. The van der Waals surface area contributed by atoms with Crippen LogP contribution in [-0.4, -0.2) is 16.2 Å². The van der Waals surface area contributed by atoms with E-state index in [1.54, 1.807) is 31.2 Å². The predicted molar refractivity (Wildman–Crippen MR) is 91.8 cm³/mol. The zero-order valence-electron chi connectivity index (χ0n) is 13.3. The van der Waals surface area contributed by atoms with E-state index in [1.807, 2.05) is 13.0 Å². The lowest BCUT2D eigenvalue weighted by atomic mass is 10.1. The van der Waals surface area contributed by atoms with Crippen molar-refractivity contribution in [2.24, 2.45) is 0 Å². The van der Waals surface area contributed by atoms with Gasteiger partial charge in [0.05, 0.1) is 5.97 Å². The first-order valence-electron chi connectivity index (χ1n) is 7.20. The van der Waals surface area contributed by atoms with Gasteiger partial charge < -0.3 is 18.7 Å². The summed E-state index contributed by atoms with van der Waals surface area (Å²) in [6.45, 7) is 3.55. The van der Waals surface area contributed by atoms with E-state index in [1.165, 1.54) is 6.08 Å². The van der Waals surface area contributed by atoms with E-state index in [0.717, 1.165) is 22.9 Å². The molecule has 8 heteroatoms. The van der Waals surface area contributed by atoms with Gasteiger partial charge in [-0.3, -0.25) is 0 Å². The maximum Gasteiger partial charge on any atom is 0.281 e. The first kappa shape index (κ1) is 17.3. The van der Waals surface area contributed by atoms with Crippen LogP contribution in [0.3, 0.4) is 0 Å². The van der Waals surface area contributed by atoms with Crippen LogP contribution in [0.1, 0.15) is 17.2 Å². The lowest BCUT2D eigenvalue weighted by Crippen LogP contribution is -2.22. The Morgan fingerprint density at radius 2 is 2.00 bits per heavy atom. The van der Waals surface area contributed by atoms with Gasteiger partial charge in [0.1, 0.15) is 11.5 Å². The molecule has 128 valence electrons. The first-order valence-corrected chi connectivity index (χ1v) is 8.39. The molecule has 1 aromatic carbocycles. The molecule has 25 heavy (non-hydrogen) atoms. The maximum atomic E-state index is 11.3. The van der Waals surface area contributed by atoms with Crippen LogP contribution in [0, 0.1) is 13.8 Å². The molecule has 0 spiro atoms. The lowest BCUT2D eigenvalue weighted by molar-refractivity contribution is -0.298. The quantitative estimate of drug-likeness (QED) is 0.497. The Balaban J connectivity index is 1.90. The van der Waals surface area contributed by atoms with E-state index in [2.05, 4.69) is 10.2 Å². The SMILES string of the molecule is Cc1nnc(S/C(=C/c2ccc(-c3cc(Cl)ccc3C)o2)C(=O)[O-])o1. The van der Waals surface area contributed by atoms with Crippen LogP contribution < -0.4 is 5.11 Å². The molecule has 0 aliphatic carbocycles. The van der Waals surface area contributed by atoms with Gasteiger partial charge in [-0.25, -0.2) is 0 Å². The van der Waals surface area contributed by atoms with Crippen molar-refractivity contribution >= 4 is 35.4 Å². The number of carboxylic acids is 1. The molecule has 6 nitrogen and oxygen atoms in total. The minimum absolute atomic E-state index is 0.104. The topological polar surface area (TPSA) is 92.2 Å². The minimum Gasteiger partial charge on any atom is -0.544 e. The fourth-order valence-corrected chi connectivity index (χ4v) is 2.97. The van der Waals surface area contributed by atoms with Crippen molar-refractivity contribution in [2.75, 3.05) is 0 Å². The summed E-state index contributed by atoms with van der Waals surface area (Å²) in [6.07, 6.45) is 1.35. The molecular weight excluding hydrogens is 364 g/mol. The monoisotopic (exact) mass is 375 g/mol. The highest BCUT2D eigenvalue weighted by atomic mass is 35.5. The Hall–Kier alpha value is -2.51. The second-order valence-electron chi connectivity index (χ2n) is 5.15. The Morgan fingerprint density at radius 3 is 2.68 bits per heavy atom. The number of carbonyl (C=O) groups is 1. The molecule has 0 atom stereocenters. The summed E-state index contributed by atoms with van der Waals surface area (Å²) in [5.41, 5.74) is 1.83. The molecule has 0 saturated carbocycles. The molecule has 0 aliphatic rings. The van der Waals surface area contributed by atoms with Gasteiger partial charge in [-0.2, -0.15) is 0 Å². The average Bonchev–Trinajstić information content (AvgIpc) is 3.18. The van der Waals surface area contributed by atoms with E-state index in [4.69, 9.17) is 20.4 Å². The third kappa shape index (κ3) is 4.12. The molecule has 2 aromatic heterocycles. The number of benzene rings is 1. The molecule has 2 heterocycles. The molecule has 0 unspecified atom stereocenters. The number of thioether (sulfide) groups is 1. The molecule has 3 rings (SSSR count). The van der Waals surface area contributed by atoms with Crippen molar-refractivity contribution in [2.45, 2.75) is 19.1 Å². The second-order valence-corrected chi connectivity index (χ2v) is 6.58. The molecule has 3 aromatic rings. The molecular formula is C17H12ClN2O4S-. The van der Waals surface area contributed by atoms with Crippen LogP contribution in [0.5, 0.6) is 0 Å². The maximum absolute atomic E-state index is 11.3. The van der Waals surface area contributed by atoms with E-state index in [0.29, 0.717) is 22.4 Å². The number of rotatable bonds is 5. The molecule has 0 amide bonds. The number of aryl methyl sites for hydroxylation is 2. The van der Waals surface area contributed by atoms with E-state index in [-0.39, 0.29) is 10.1 Å². The number of halogens is 1. The molecule has 0 fully saturated rings. The normalized spacial score (nSPS) is 11.7. The van der Waals surface area contributed by atoms with Gasteiger partial charge in [0.25, 0.3) is 5.22 Å². The number of hydrogen-bond donors (Lipinski definition) is 0. The van der Waals surface area contributed by atoms with Gasteiger partial charge in [-0.05, 0) is 54.6 Å². The van der Waals surface area contributed by atoms with Gasteiger partial charge in [0, 0.05) is 22.4 Å². The van der Waals surface area contributed by atoms with Crippen LogP contribution in [-0.2, 0) is 4.79 Å². The van der Waals surface area contributed by atoms with Crippen LogP contribution in [0.25, 0.3) is 17.4 Å². The number of furan rings is 1. The molecule has 0 bridgehead atoms. The molecule has 0 radical (unpaired) electrons. The fourth-order valence-electron chi connectivity index (χ4n) is 2.11. The highest BCUT2D eigenvalue weighted by Gasteiger charge is 2.12. The van der Waals surface area contributed by atoms with E-state index >= 15 is 0 Å². The number of carbonyl (C=O) groups excluding carboxylic acids is 1. The van der Waals surface area contributed by atoms with Crippen LogP contribution in [0.4, 0.5) is 0 Å². The highest BCUT2D eigenvalue weighted by Crippen LogP contribution is 2.31. The van der Waals surface area contributed by atoms with Crippen molar-refractivity contribution in [3.05, 3.63) is 57.5 Å². The Kier molecular flexibility index (Phi) is 4.96. The standard InChI is InChI=1S/C17H13ClN2O4S/c1-9-3-4-11(18)7-13(9)14-6-5-12(24-14)8-15(16(21)22)25-17-20-19-10(2)23-17/h3-8H,1-2H3,(H,21,22)/p-1/b15-8+. The van der Waals surface area contributed by atoms with Crippen molar-refractivity contribution < 1.29 is 18.7 Å². The summed E-state index contributed by atoms with van der Waals surface area (Å²) < 4.78 is 10.9. The number of nitrogens with zero attached hydrogens (tertiary/aromatic N) is 2. The van der Waals surface area contributed by atoms with Crippen molar-refractivity contribution in [3.63, 3.8) is 0 Å². The van der Waals surface area contributed by atoms with Crippen molar-refractivity contribution in [3.8, 4) is 11.3 Å². The first-order chi connectivity index (χ1) is 11.9. The third-order valence-corrected chi connectivity index (χ3v) is 4.35. The molecule has 0 N–H and O–H groups in total. The predicted octanol–water partition coefficient (Wildman–Crippen LogP) is 3.48. The van der Waals surface area contributed by atoms with Crippen LogP contribution in [0.15, 0.2) is 49.3 Å². The van der Waals surface area contributed by atoms with E-state index < -0.39 is 5.97 Å². The number of aliphatic carboxylic acids is 1.